The molecule has 3 rings (SSSR count). The summed E-state index contributed by atoms with van der Waals surface area (Å²) in [4.78, 5) is 7.20. The standard InChI is InChI=1S/C15H23N5/c1-11(2)19-8-4-3-5-13(19)9-14-17-15-7-6-12(16)10-20(15)18-14/h6-7,10-11,13H,3-5,8-9,16H2,1-2H3. The number of fused-ring (bicyclic) bond motifs is 1. The lowest BCUT2D eigenvalue weighted by atomic mass is 9.97. The number of nitrogen functional groups attached to an aromatic ring is 1. The molecule has 0 aromatic carbocycles. The summed E-state index contributed by atoms with van der Waals surface area (Å²) in [5.74, 6) is 0.924. The van der Waals surface area contributed by atoms with Crippen molar-refractivity contribution in [1.29, 1.82) is 0 Å². The number of hydrogen-bond donors (Lipinski definition) is 1. The number of hydrogen-bond acceptors (Lipinski definition) is 4. The fourth-order valence-corrected chi connectivity index (χ4v) is 3.16. The first-order valence-corrected chi connectivity index (χ1v) is 7.50. The van der Waals surface area contributed by atoms with E-state index in [9.17, 15) is 0 Å². The van der Waals surface area contributed by atoms with Crippen molar-refractivity contribution >= 4 is 11.3 Å². The van der Waals surface area contributed by atoms with Crippen LogP contribution in [-0.4, -0.2) is 38.1 Å². The first-order valence-electron chi connectivity index (χ1n) is 7.50. The summed E-state index contributed by atoms with van der Waals surface area (Å²) in [5.41, 5.74) is 7.38. The van der Waals surface area contributed by atoms with Crippen molar-refractivity contribution in [2.45, 2.75) is 51.6 Å². The van der Waals surface area contributed by atoms with Crippen LogP contribution >= 0.6 is 0 Å². The van der Waals surface area contributed by atoms with E-state index in [0.717, 1.165) is 23.6 Å². The molecule has 1 atom stereocenters. The van der Waals surface area contributed by atoms with Crippen LogP contribution in [0.2, 0.25) is 0 Å². The summed E-state index contributed by atoms with van der Waals surface area (Å²) in [5, 5.41) is 4.56. The van der Waals surface area contributed by atoms with Crippen molar-refractivity contribution in [3.05, 3.63) is 24.2 Å². The number of nitrogens with zero attached hydrogens (tertiary/aromatic N) is 4. The zero-order valence-corrected chi connectivity index (χ0v) is 12.3. The highest BCUT2D eigenvalue weighted by atomic mass is 15.3. The lowest BCUT2D eigenvalue weighted by Crippen LogP contribution is -2.45. The number of rotatable bonds is 3. The summed E-state index contributed by atoms with van der Waals surface area (Å²) in [6.07, 6.45) is 6.63. The molecule has 3 heterocycles. The molecule has 108 valence electrons. The van der Waals surface area contributed by atoms with Crippen molar-refractivity contribution in [2.75, 3.05) is 12.3 Å². The average molecular weight is 273 g/mol. The first-order chi connectivity index (χ1) is 9.63. The molecule has 5 nitrogen and oxygen atoms in total. The van der Waals surface area contributed by atoms with Gasteiger partial charge < -0.3 is 5.73 Å². The van der Waals surface area contributed by atoms with Crippen molar-refractivity contribution in [3.8, 4) is 0 Å². The van der Waals surface area contributed by atoms with Crippen LogP contribution in [0, 0.1) is 0 Å². The van der Waals surface area contributed by atoms with Gasteiger partial charge in [-0.3, -0.25) is 4.90 Å². The number of pyridine rings is 1. The van der Waals surface area contributed by atoms with E-state index in [-0.39, 0.29) is 0 Å². The molecule has 0 aliphatic carbocycles. The van der Waals surface area contributed by atoms with Gasteiger partial charge in [-0.2, -0.15) is 5.10 Å². The molecule has 0 radical (unpaired) electrons. The molecule has 0 bridgehead atoms. The van der Waals surface area contributed by atoms with Crippen molar-refractivity contribution in [1.82, 2.24) is 19.5 Å². The van der Waals surface area contributed by atoms with Gasteiger partial charge in [0.15, 0.2) is 11.5 Å². The van der Waals surface area contributed by atoms with Gasteiger partial charge in [-0.15, -0.1) is 0 Å². The van der Waals surface area contributed by atoms with Crippen LogP contribution < -0.4 is 5.73 Å². The van der Waals surface area contributed by atoms with Crippen LogP contribution in [0.15, 0.2) is 18.3 Å². The minimum atomic E-state index is 0.568. The molecular formula is C15H23N5. The Balaban J connectivity index is 1.80. The smallest absolute Gasteiger partial charge is 0.155 e. The van der Waals surface area contributed by atoms with Gasteiger partial charge in [0.25, 0.3) is 0 Å². The van der Waals surface area contributed by atoms with Crippen LogP contribution in [0.1, 0.15) is 38.9 Å². The third kappa shape index (κ3) is 2.63. The van der Waals surface area contributed by atoms with E-state index in [1.54, 1.807) is 4.52 Å². The fraction of sp³-hybridized carbons (Fsp3) is 0.600. The number of aromatic nitrogens is 3. The highest BCUT2D eigenvalue weighted by Crippen LogP contribution is 2.22. The van der Waals surface area contributed by atoms with Crippen LogP contribution in [0.3, 0.4) is 0 Å². The maximum Gasteiger partial charge on any atom is 0.155 e. The molecule has 0 amide bonds. The second kappa shape index (κ2) is 5.40. The Labute approximate surface area is 119 Å². The molecule has 2 aromatic heterocycles. The highest BCUT2D eigenvalue weighted by Gasteiger charge is 2.25. The molecule has 5 heteroatoms. The molecule has 2 N–H and O–H groups in total. The summed E-state index contributed by atoms with van der Waals surface area (Å²) in [6.45, 7) is 5.74. The zero-order chi connectivity index (χ0) is 14.1. The van der Waals surface area contributed by atoms with Gasteiger partial charge in [0.2, 0.25) is 0 Å². The van der Waals surface area contributed by atoms with E-state index in [1.165, 1.54) is 25.8 Å². The van der Waals surface area contributed by atoms with Gasteiger partial charge in [0.1, 0.15) is 0 Å². The van der Waals surface area contributed by atoms with Gasteiger partial charge in [-0.05, 0) is 45.4 Å². The molecule has 2 aromatic rings. The quantitative estimate of drug-likeness (QED) is 0.930. The Hall–Kier alpha value is -1.62. The molecule has 1 unspecified atom stereocenters. The Kier molecular flexibility index (Phi) is 3.61. The Morgan fingerprint density at radius 3 is 3.00 bits per heavy atom. The minimum absolute atomic E-state index is 0.568. The minimum Gasteiger partial charge on any atom is -0.397 e. The van der Waals surface area contributed by atoms with Crippen LogP contribution in [-0.2, 0) is 6.42 Å². The van der Waals surface area contributed by atoms with E-state index in [2.05, 4.69) is 28.8 Å². The highest BCUT2D eigenvalue weighted by molar-refractivity contribution is 5.46. The molecule has 1 fully saturated rings. The second-order valence-corrected chi connectivity index (χ2v) is 5.98. The van der Waals surface area contributed by atoms with Gasteiger partial charge in [-0.1, -0.05) is 6.42 Å². The molecule has 0 spiro atoms. The lowest BCUT2D eigenvalue weighted by Gasteiger charge is -2.38. The average Bonchev–Trinajstić information content (AvgIpc) is 2.80. The monoisotopic (exact) mass is 273 g/mol. The third-order valence-corrected chi connectivity index (χ3v) is 4.15. The van der Waals surface area contributed by atoms with Crippen LogP contribution in [0.5, 0.6) is 0 Å². The summed E-state index contributed by atoms with van der Waals surface area (Å²) < 4.78 is 1.78. The van der Waals surface area contributed by atoms with Gasteiger partial charge in [-0.25, -0.2) is 9.50 Å². The van der Waals surface area contributed by atoms with E-state index in [0.29, 0.717) is 12.1 Å². The zero-order valence-electron chi connectivity index (χ0n) is 12.3. The van der Waals surface area contributed by atoms with E-state index < -0.39 is 0 Å². The van der Waals surface area contributed by atoms with Crippen molar-refractivity contribution in [2.24, 2.45) is 0 Å². The summed E-state index contributed by atoms with van der Waals surface area (Å²) in [6, 6.07) is 4.95. The SMILES string of the molecule is CC(C)N1CCCCC1Cc1nc2ccc(N)cn2n1. The maximum absolute atomic E-state index is 5.78. The molecule has 1 aliphatic heterocycles. The predicted octanol–water partition coefficient (Wildman–Crippen LogP) is 2.12. The Morgan fingerprint density at radius 1 is 1.35 bits per heavy atom. The third-order valence-electron chi connectivity index (χ3n) is 4.15. The van der Waals surface area contributed by atoms with E-state index in [4.69, 9.17) is 5.73 Å². The number of anilines is 1. The van der Waals surface area contributed by atoms with E-state index in [1.807, 2.05) is 18.3 Å². The molecule has 20 heavy (non-hydrogen) atoms. The molecule has 0 saturated carbocycles. The van der Waals surface area contributed by atoms with Gasteiger partial charge >= 0.3 is 0 Å². The summed E-state index contributed by atoms with van der Waals surface area (Å²) in [7, 11) is 0. The maximum atomic E-state index is 5.78. The largest absolute Gasteiger partial charge is 0.397 e. The summed E-state index contributed by atoms with van der Waals surface area (Å²) >= 11 is 0. The van der Waals surface area contributed by atoms with Gasteiger partial charge in [0, 0.05) is 18.5 Å². The first kappa shape index (κ1) is 13.4. The predicted molar refractivity (Wildman–Crippen MR) is 80.6 cm³/mol. The number of likely N-dealkylation sites (tertiary alicyclic amines) is 1. The number of piperidine rings is 1. The normalized spacial score (nSPS) is 20.9. The number of nitrogens with two attached hydrogens (primary N) is 1. The lowest BCUT2D eigenvalue weighted by molar-refractivity contribution is 0.110. The Morgan fingerprint density at radius 2 is 2.20 bits per heavy atom. The Bertz CT molecular complexity index is 589. The van der Waals surface area contributed by atoms with Crippen molar-refractivity contribution in [3.63, 3.8) is 0 Å². The topological polar surface area (TPSA) is 59.5 Å². The van der Waals surface area contributed by atoms with Gasteiger partial charge in [0.05, 0.1) is 11.9 Å². The molecule has 1 saturated heterocycles. The van der Waals surface area contributed by atoms with E-state index >= 15 is 0 Å². The van der Waals surface area contributed by atoms with Crippen molar-refractivity contribution < 1.29 is 0 Å². The fourth-order valence-electron chi connectivity index (χ4n) is 3.16. The second-order valence-electron chi connectivity index (χ2n) is 5.98. The molecular weight excluding hydrogens is 250 g/mol. The van der Waals surface area contributed by atoms with Crippen LogP contribution in [0.4, 0.5) is 5.69 Å². The molecule has 1 aliphatic rings. The van der Waals surface area contributed by atoms with Crippen LogP contribution in [0.25, 0.3) is 5.65 Å².